The Kier molecular flexibility index (Phi) is 4.64. The van der Waals surface area contributed by atoms with E-state index in [2.05, 4.69) is 39.9 Å². The van der Waals surface area contributed by atoms with E-state index in [9.17, 15) is 0 Å². The molecule has 19 heavy (non-hydrogen) atoms. The normalized spacial score (nSPS) is 11.8. The lowest BCUT2D eigenvalue weighted by atomic mass is 10.1. The van der Waals surface area contributed by atoms with E-state index in [0.29, 0.717) is 6.42 Å². The standard InChI is InChI=1S/C15H23NO2Si/c1-15(2,3)19(5,6)18-13-8-7-12(9-10-16)14(11-13)17-4/h7-8,11H,9H2,1-6H3. The molecular formula is C15H23NO2Si. The van der Waals surface area contributed by atoms with E-state index in [0.717, 1.165) is 17.1 Å². The van der Waals surface area contributed by atoms with Gasteiger partial charge in [0.15, 0.2) is 0 Å². The van der Waals surface area contributed by atoms with Crippen LogP contribution in [-0.2, 0) is 6.42 Å². The highest BCUT2D eigenvalue weighted by molar-refractivity contribution is 6.74. The molecule has 0 saturated carbocycles. The molecule has 0 spiro atoms. The molecule has 0 aromatic heterocycles. The van der Waals surface area contributed by atoms with Gasteiger partial charge in [0.1, 0.15) is 11.5 Å². The Bertz CT molecular complexity index is 484. The summed E-state index contributed by atoms with van der Waals surface area (Å²) >= 11 is 0. The minimum atomic E-state index is -1.84. The summed E-state index contributed by atoms with van der Waals surface area (Å²) in [4.78, 5) is 0. The first-order valence-corrected chi connectivity index (χ1v) is 9.35. The third kappa shape index (κ3) is 3.74. The monoisotopic (exact) mass is 277 g/mol. The molecular weight excluding hydrogens is 254 g/mol. The van der Waals surface area contributed by atoms with Crippen LogP contribution >= 0.6 is 0 Å². The quantitative estimate of drug-likeness (QED) is 0.777. The van der Waals surface area contributed by atoms with E-state index >= 15 is 0 Å². The van der Waals surface area contributed by atoms with E-state index in [4.69, 9.17) is 14.4 Å². The molecule has 1 aromatic carbocycles. The van der Waals surface area contributed by atoms with Gasteiger partial charge in [0, 0.05) is 11.6 Å². The summed E-state index contributed by atoms with van der Waals surface area (Å²) in [6, 6.07) is 7.85. The number of benzene rings is 1. The molecule has 0 atom stereocenters. The SMILES string of the molecule is COc1cc(O[Si](C)(C)C(C)(C)C)ccc1CC#N. The minimum Gasteiger partial charge on any atom is -0.543 e. The van der Waals surface area contributed by atoms with E-state index in [1.165, 1.54) is 0 Å². The van der Waals surface area contributed by atoms with Crippen molar-refractivity contribution in [2.24, 2.45) is 0 Å². The van der Waals surface area contributed by atoms with Gasteiger partial charge in [-0.05, 0) is 24.2 Å². The fourth-order valence-corrected chi connectivity index (χ4v) is 2.49. The summed E-state index contributed by atoms with van der Waals surface area (Å²) in [5.41, 5.74) is 0.896. The molecule has 0 amide bonds. The fourth-order valence-electron chi connectivity index (χ4n) is 1.47. The van der Waals surface area contributed by atoms with Crippen molar-refractivity contribution in [3.8, 4) is 17.6 Å². The maximum absolute atomic E-state index is 8.77. The Hall–Kier alpha value is -1.47. The van der Waals surface area contributed by atoms with Crippen molar-refractivity contribution in [1.82, 2.24) is 0 Å². The largest absolute Gasteiger partial charge is 0.543 e. The molecule has 1 rings (SSSR count). The number of ether oxygens (including phenoxy) is 1. The van der Waals surface area contributed by atoms with Crippen LogP contribution in [0.5, 0.6) is 11.5 Å². The van der Waals surface area contributed by atoms with Crippen LogP contribution in [0.15, 0.2) is 18.2 Å². The summed E-state index contributed by atoms with van der Waals surface area (Å²) in [5, 5.41) is 8.93. The first-order valence-electron chi connectivity index (χ1n) is 6.44. The third-order valence-corrected chi connectivity index (χ3v) is 8.07. The predicted octanol–water partition coefficient (Wildman–Crippen LogP) is 4.15. The number of nitriles is 1. The zero-order valence-electron chi connectivity index (χ0n) is 12.7. The molecule has 0 fully saturated rings. The van der Waals surface area contributed by atoms with Crippen LogP contribution in [0.2, 0.25) is 18.1 Å². The van der Waals surface area contributed by atoms with E-state index < -0.39 is 8.32 Å². The molecule has 0 bridgehead atoms. The lowest BCUT2D eigenvalue weighted by Gasteiger charge is -2.36. The summed E-state index contributed by atoms with van der Waals surface area (Å²) < 4.78 is 11.5. The number of hydrogen-bond donors (Lipinski definition) is 0. The van der Waals surface area contributed by atoms with Crippen molar-refractivity contribution in [2.45, 2.75) is 45.3 Å². The highest BCUT2D eigenvalue weighted by atomic mass is 28.4. The predicted molar refractivity (Wildman–Crippen MR) is 80.1 cm³/mol. The summed E-state index contributed by atoms with van der Waals surface area (Å²) in [7, 11) is -0.220. The molecule has 0 saturated heterocycles. The van der Waals surface area contributed by atoms with Crippen molar-refractivity contribution in [3.63, 3.8) is 0 Å². The second-order valence-corrected chi connectivity index (χ2v) is 10.9. The molecule has 1 aromatic rings. The Morgan fingerprint density at radius 1 is 1.26 bits per heavy atom. The van der Waals surface area contributed by atoms with E-state index in [1.54, 1.807) is 7.11 Å². The second-order valence-electron chi connectivity index (χ2n) is 6.17. The molecule has 0 aliphatic rings. The molecule has 0 aliphatic carbocycles. The van der Waals surface area contributed by atoms with Gasteiger partial charge in [-0.3, -0.25) is 0 Å². The van der Waals surface area contributed by atoms with E-state index in [1.807, 2.05) is 18.2 Å². The average molecular weight is 277 g/mol. The van der Waals surface area contributed by atoms with Gasteiger partial charge in [-0.25, -0.2) is 0 Å². The van der Waals surface area contributed by atoms with Gasteiger partial charge in [0.25, 0.3) is 0 Å². The zero-order valence-corrected chi connectivity index (χ0v) is 13.7. The van der Waals surface area contributed by atoms with Crippen LogP contribution in [-0.4, -0.2) is 15.4 Å². The molecule has 4 heteroatoms. The Balaban J connectivity index is 3.02. The van der Waals surface area contributed by atoms with Crippen molar-refractivity contribution in [3.05, 3.63) is 23.8 Å². The Morgan fingerprint density at radius 2 is 1.89 bits per heavy atom. The van der Waals surface area contributed by atoms with Crippen LogP contribution in [0.25, 0.3) is 0 Å². The molecule has 0 unspecified atom stereocenters. The number of rotatable bonds is 4. The van der Waals surface area contributed by atoms with Crippen molar-refractivity contribution >= 4 is 8.32 Å². The summed E-state index contributed by atoms with van der Waals surface area (Å²) in [6.45, 7) is 11.0. The Morgan fingerprint density at radius 3 is 2.37 bits per heavy atom. The van der Waals surface area contributed by atoms with E-state index in [-0.39, 0.29) is 5.04 Å². The molecule has 0 heterocycles. The third-order valence-electron chi connectivity index (χ3n) is 3.71. The lowest BCUT2D eigenvalue weighted by molar-refractivity contribution is 0.406. The first-order chi connectivity index (χ1) is 8.71. The maximum Gasteiger partial charge on any atom is 0.250 e. The number of hydrogen-bond acceptors (Lipinski definition) is 3. The van der Waals surface area contributed by atoms with Crippen LogP contribution in [0.1, 0.15) is 26.3 Å². The fraction of sp³-hybridized carbons (Fsp3) is 0.533. The smallest absolute Gasteiger partial charge is 0.250 e. The van der Waals surface area contributed by atoms with Crippen LogP contribution in [0, 0.1) is 11.3 Å². The van der Waals surface area contributed by atoms with Crippen molar-refractivity contribution < 1.29 is 9.16 Å². The topological polar surface area (TPSA) is 42.2 Å². The van der Waals surface area contributed by atoms with Crippen LogP contribution < -0.4 is 9.16 Å². The molecule has 0 radical (unpaired) electrons. The lowest BCUT2D eigenvalue weighted by Crippen LogP contribution is -2.43. The van der Waals surface area contributed by atoms with Gasteiger partial charge in [-0.15, -0.1) is 0 Å². The first kappa shape index (κ1) is 15.6. The second kappa shape index (κ2) is 5.66. The average Bonchev–Trinajstić information content (AvgIpc) is 2.29. The molecule has 104 valence electrons. The van der Waals surface area contributed by atoms with Gasteiger partial charge >= 0.3 is 0 Å². The summed E-state index contributed by atoms with van der Waals surface area (Å²) in [5.74, 6) is 1.54. The molecule has 0 aliphatic heterocycles. The molecule has 0 N–H and O–H groups in total. The van der Waals surface area contributed by atoms with Crippen LogP contribution in [0.3, 0.4) is 0 Å². The van der Waals surface area contributed by atoms with Gasteiger partial charge in [-0.2, -0.15) is 5.26 Å². The highest BCUT2D eigenvalue weighted by Crippen LogP contribution is 2.38. The van der Waals surface area contributed by atoms with Gasteiger partial charge in [0.05, 0.1) is 19.6 Å². The highest BCUT2D eigenvalue weighted by Gasteiger charge is 2.39. The van der Waals surface area contributed by atoms with Gasteiger partial charge < -0.3 is 9.16 Å². The van der Waals surface area contributed by atoms with Gasteiger partial charge in [-0.1, -0.05) is 26.8 Å². The van der Waals surface area contributed by atoms with Gasteiger partial charge in [0.2, 0.25) is 8.32 Å². The zero-order chi connectivity index (χ0) is 14.7. The van der Waals surface area contributed by atoms with Crippen LogP contribution in [0.4, 0.5) is 0 Å². The molecule has 3 nitrogen and oxygen atoms in total. The number of methoxy groups -OCH3 is 1. The Labute approximate surface area is 117 Å². The maximum atomic E-state index is 8.77. The van der Waals surface area contributed by atoms with Crippen molar-refractivity contribution in [2.75, 3.05) is 7.11 Å². The number of nitrogens with zero attached hydrogens (tertiary/aromatic N) is 1. The minimum absolute atomic E-state index is 0.158. The van der Waals surface area contributed by atoms with Crippen molar-refractivity contribution in [1.29, 1.82) is 5.26 Å². The summed E-state index contributed by atoms with van der Waals surface area (Å²) in [6.07, 6.45) is 0.351.